The van der Waals surface area contributed by atoms with E-state index in [0.717, 1.165) is 17.1 Å². The van der Waals surface area contributed by atoms with E-state index in [2.05, 4.69) is 15.5 Å². The van der Waals surface area contributed by atoms with Crippen molar-refractivity contribution in [1.29, 1.82) is 0 Å². The van der Waals surface area contributed by atoms with Crippen LogP contribution in [0.25, 0.3) is 0 Å². The van der Waals surface area contributed by atoms with Crippen LogP contribution in [0.1, 0.15) is 32.1 Å². The summed E-state index contributed by atoms with van der Waals surface area (Å²) in [5, 5.41) is 11.3. The van der Waals surface area contributed by atoms with Gasteiger partial charge in [0.15, 0.2) is 0 Å². The minimum absolute atomic E-state index is 0.107. The van der Waals surface area contributed by atoms with Crippen LogP contribution in [-0.4, -0.2) is 5.91 Å². The highest BCUT2D eigenvalue weighted by atomic mass is 16.1. The Balaban J connectivity index is 1.54. The third-order valence-corrected chi connectivity index (χ3v) is 4.14. The van der Waals surface area contributed by atoms with Gasteiger partial charge in [-0.1, -0.05) is 31.0 Å². The number of azo groups is 1. The zero-order valence-corrected chi connectivity index (χ0v) is 13.1. The molecule has 0 heterocycles. The van der Waals surface area contributed by atoms with E-state index in [9.17, 15) is 4.79 Å². The summed E-state index contributed by atoms with van der Waals surface area (Å²) in [6.07, 6.45) is 5.53. The number of nitrogens with one attached hydrogen (secondary N) is 1. The molecular formula is C19H21N3O. The van der Waals surface area contributed by atoms with Crippen molar-refractivity contribution < 1.29 is 4.79 Å². The van der Waals surface area contributed by atoms with Crippen molar-refractivity contribution in [3.63, 3.8) is 0 Å². The standard InChI is InChI=1S/C19H21N3O/c23-19(14-15-6-4-5-7-15)20-16-10-12-18(13-11-16)22-21-17-8-2-1-3-9-17/h1-3,8-13,15H,4-7,14H2,(H,20,23). The molecule has 0 spiro atoms. The van der Waals surface area contributed by atoms with Crippen molar-refractivity contribution in [3.05, 3.63) is 54.6 Å². The predicted molar refractivity (Wildman–Crippen MR) is 92.3 cm³/mol. The Kier molecular flexibility index (Phi) is 5.14. The van der Waals surface area contributed by atoms with Gasteiger partial charge in [-0.15, -0.1) is 0 Å². The highest BCUT2D eigenvalue weighted by molar-refractivity contribution is 5.91. The molecular weight excluding hydrogens is 286 g/mol. The van der Waals surface area contributed by atoms with E-state index in [1.54, 1.807) is 0 Å². The smallest absolute Gasteiger partial charge is 0.224 e. The SMILES string of the molecule is O=C(CC1CCCC1)Nc1ccc(N=Nc2ccccc2)cc1. The molecule has 1 N–H and O–H groups in total. The molecule has 2 aromatic carbocycles. The largest absolute Gasteiger partial charge is 0.326 e. The highest BCUT2D eigenvalue weighted by Crippen LogP contribution is 2.28. The Morgan fingerprint density at radius 1 is 0.913 bits per heavy atom. The molecule has 118 valence electrons. The van der Waals surface area contributed by atoms with E-state index in [0.29, 0.717) is 12.3 Å². The Bertz CT molecular complexity index is 659. The molecule has 3 rings (SSSR count). The van der Waals surface area contributed by atoms with Gasteiger partial charge in [0.25, 0.3) is 0 Å². The summed E-state index contributed by atoms with van der Waals surface area (Å²) in [7, 11) is 0. The van der Waals surface area contributed by atoms with Crippen LogP contribution in [0.5, 0.6) is 0 Å². The van der Waals surface area contributed by atoms with Gasteiger partial charge in [-0.2, -0.15) is 10.2 Å². The van der Waals surface area contributed by atoms with Crippen LogP contribution in [0.4, 0.5) is 17.1 Å². The van der Waals surface area contributed by atoms with Crippen LogP contribution in [0.15, 0.2) is 64.8 Å². The summed E-state index contributed by atoms with van der Waals surface area (Å²) in [6.45, 7) is 0. The summed E-state index contributed by atoms with van der Waals surface area (Å²) in [5.41, 5.74) is 2.40. The molecule has 4 heteroatoms. The van der Waals surface area contributed by atoms with Crippen LogP contribution in [-0.2, 0) is 4.79 Å². The van der Waals surface area contributed by atoms with Gasteiger partial charge in [0.2, 0.25) is 5.91 Å². The van der Waals surface area contributed by atoms with E-state index in [1.165, 1.54) is 25.7 Å². The van der Waals surface area contributed by atoms with Gasteiger partial charge in [-0.3, -0.25) is 4.79 Å². The molecule has 0 bridgehead atoms. The van der Waals surface area contributed by atoms with Crippen molar-refractivity contribution in [2.24, 2.45) is 16.1 Å². The van der Waals surface area contributed by atoms with Crippen LogP contribution >= 0.6 is 0 Å². The summed E-state index contributed by atoms with van der Waals surface area (Å²) in [4.78, 5) is 12.0. The molecule has 0 unspecified atom stereocenters. The molecule has 1 aliphatic rings. The molecule has 0 radical (unpaired) electrons. The van der Waals surface area contributed by atoms with Crippen LogP contribution in [0.2, 0.25) is 0 Å². The summed E-state index contributed by atoms with van der Waals surface area (Å²) >= 11 is 0. The number of amides is 1. The normalized spacial score (nSPS) is 15.1. The number of hydrogen-bond donors (Lipinski definition) is 1. The predicted octanol–water partition coefficient (Wildman–Crippen LogP) is 5.62. The van der Waals surface area contributed by atoms with E-state index < -0.39 is 0 Å². The van der Waals surface area contributed by atoms with Crippen molar-refractivity contribution in [2.75, 3.05) is 5.32 Å². The van der Waals surface area contributed by atoms with E-state index in [-0.39, 0.29) is 5.91 Å². The third-order valence-electron chi connectivity index (χ3n) is 4.14. The van der Waals surface area contributed by atoms with Crippen molar-refractivity contribution in [2.45, 2.75) is 32.1 Å². The van der Waals surface area contributed by atoms with Crippen molar-refractivity contribution in [1.82, 2.24) is 0 Å². The second kappa shape index (κ2) is 7.68. The van der Waals surface area contributed by atoms with Crippen molar-refractivity contribution >= 4 is 23.0 Å². The second-order valence-corrected chi connectivity index (χ2v) is 5.99. The molecule has 1 aliphatic carbocycles. The van der Waals surface area contributed by atoms with Crippen LogP contribution in [0.3, 0.4) is 0 Å². The fourth-order valence-corrected chi connectivity index (χ4v) is 2.91. The molecule has 1 amide bonds. The van der Waals surface area contributed by atoms with Gasteiger partial charge in [0.05, 0.1) is 11.4 Å². The zero-order valence-electron chi connectivity index (χ0n) is 13.1. The average Bonchev–Trinajstić information content (AvgIpc) is 3.08. The topological polar surface area (TPSA) is 53.8 Å². The Morgan fingerprint density at radius 3 is 2.17 bits per heavy atom. The lowest BCUT2D eigenvalue weighted by Gasteiger charge is -2.09. The number of carbonyl (C=O) groups is 1. The Hall–Kier alpha value is -2.49. The number of hydrogen-bond acceptors (Lipinski definition) is 3. The third kappa shape index (κ3) is 4.74. The number of rotatable bonds is 5. The molecule has 4 nitrogen and oxygen atoms in total. The lowest BCUT2D eigenvalue weighted by molar-refractivity contribution is -0.117. The molecule has 1 fully saturated rings. The van der Waals surface area contributed by atoms with Gasteiger partial charge in [0, 0.05) is 12.1 Å². The maximum absolute atomic E-state index is 12.0. The van der Waals surface area contributed by atoms with Gasteiger partial charge < -0.3 is 5.32 Å². The first kappa shape index (κ1) is 15.4. The second-order valence-electron chi connectivity index (χ2n) is 5.99. The summed E-state index contributed by atoms with van der Waals surface area (Å²) < 4.78 is 0. The van der Waals surface area contributed by atoms with Gasteiger partial charge >= 0.3 is 0 Å². The minimum atomic E-state index is 0.107. The molecule has 0 aromatic heterocycles. The molecule has 2 aromatic rings. The molecule has 0 saturated heterocycles. The number of carbonyl (C=O) groups excluding carboxylic acids is 1. The fraction of sp³-hybridized carbons (Fsp3) is 0.316. The molecule has 0 atom stereocenters. The molecule has 23 heavy (non-hydrogen) atoms. The van der Waals surface area contributed by atoms with Crippen LogP contribution < -0.4 is 5.32 Å². The number of benzene rings is 2. The first-order valence-corrected chi connectivity index (χ1v) is 8.16. The van der Waals surface area contributed by atoms with Gasteiger partial charge in [0.1, 0.15) is 0 Å². The monoisotopic (exact) mass is 307 g/mol. The lowest BCUT2D eigenvalue weighted by atomic mass is 10.0. The fourth-order valence-electron chi connectivity index (χ4n) is 2.91. The van der Waals surface area contributed by atoms with Gasteiger partial charge in [-0.05, 0) is 55.2 Å². The molecule has 1 saturated carbocycles. The zero-order chi connectivity index (χ0) is 15.9. The highest BCUT2D eigenvalue weighted by Gasteiger charge is 2.18. The maximum Gasteiger partial charge on any atom is 0.224 e. The first-order valence-electron chi connectivity index (χ1n) is 8.16. The average molecular weight is 307 g/mol. The Labute approximate surface area is 136 Å². The van der Waals surface area contributed by atoms with Gasteiger partial charge in [-0.25, -0.2) is 0 Å². The van der Waals surface area contributed by atoms with E-state index in [1.807, 2.05) is 54.6 Å². The minimum Gasteiger partial charge on any atom is -0.326 e. The molecule has 0 aliphatic heterocycles. The Morgan fingerprint density at radius 2 is 1.52 bits per heavy atom. The lowest BCUT2D eigenvalue weighted by Crippen LogP contribution is -2.14. The van der Waals surface area contributed by atoms with E-state index in [4.69, 9.17) is 0 Å². The van der Waals surface area contributed by atoms with Crippen LogP contribution in [0, 0.1) is 5.92 Å². The quantitative estimate of drug-likeness (QED) is 0.716. The summed E-state index contributed by atoms with van der Waals surface area (Å²) in [6, 6.07) is 17.1. The van der Waals surface area contributed by atoms with Crippen molar-refractivity contribution in [3.8, 4) is 0 Å². The summed E-state index contributed by atoms with van der Waals surface area (Å²) in [5.74, 6) is 0.671. The number of anilines is 1. The maximum atomic E-state index is 12.0. The number of nitrogens with zero attached hydrogens (tertiary/aromatic N) is 2. The van der Waals surface area contributed by atoms with E-state index >= 15 is 0 Å². The first-order chi connectivity index (χ1) is 11.3.